The number of carbonyl (C=O) groups excluding carboxylic acids is 1. The third-order valence-electron chi connectivity index (χ3n) is 6.81. The van der Waals surface area contributed by atoms with Crippen molar-refractivity contribution in [1.29, 1.82) is 0 Å². The highest BCUT2D eigenvalue weighted by Crippen LogP contribution is 2.32. The average molecular weight is 574 g/mol. The van der Waals surface area contributed by atoms with Crippen LogP contribution in [0.4, 0.5) is 0 Å². The molecule has 0 saturated carbocycles. The lowest BCUT2D eigenvalue weighted by Crippen LogP contribution is -2.68. The van der Waals surface area contributed by atoms with Gasteiger partial charge in [-0.1, -0.05) is 0 Å². The zero-order valence-corrected chi connectivity index (χ0v) is 21.4. The smallest absolute Gasteiger partial charge is 0.217 e. The van der Waals surface area contributed by atoms with Gasteiger partial charge in [-0.25, -0.2) is 0 Å². The highest BCUT2D eigenvalue weighted by Gasteiger charge is 2.53. The molecule has 0 aromatic carbocycles. The third kappa shape index (κ3) is 7.03. The molecular formula is C22H39NO16. The Bertz CT molecular complexity index is 774. The summed E-state index contributed by atoms with van der Waals surface area (Å²) in [6.45, 7) is 0.799. The summed E-state index contributed by atoms with van der Waals surface area (Å²) in [5, 5.41) is 94.3. The molecule has 10 N–H and O–H groups in total. The minimum Gasteiger partial charge on any atom is -0.394 e. The molecule has 39 heavy (non-hydrogen) atoms. The minimum absolute atomic E-state index is 0.155. The van der Waals surface area contributed by atoms with Crippen LogP contribution in [0.2, 0.25) is 0 Å². The lowest BCUT2D eigenvalue weighted by molar-refractivity contribution is -0.374. The Morgan fingerprint density at radius 2 is 1.13 bits per heavy atom. The lowest BCUT2D eigenvalue weighted by Gasteiger charge is -2.48. The summed E-state index contributed by atoms with van der Waals surface area (Å²) in [4.78, 5) is 11.7. The maximum Gasteiger partial charge on any atom is 0.217 e. The van der Waals surface area contributed by atoms with E-state index in [0.29, 0.717) is 0 Å². The van der Waals surface area contributed by atoms with Crippen LogP contribution in [0.25, 0.3) is 0 Å². The van der Waals surface area contributed by atoms with Gasteiger partial charge in [0, 0.05) is 13.5 Å². The Morgan fingerprint density at radius 3 is 1.62 bits per heavy atom. The van der Waals surface area contributed by atoms with Crippen molar-refractivity contribution < 1.29 is 79.2 Å². The van der Waals surface area contributed by atoms with Gasteiger partial charge >= 0.3 is 0 Å². The van der Waals surface area contributed by atoms with Crippen LogP contribution in [0.15, 0.2) is 0 Å². The van der Waals surface area contributed by atoms with Gasteiger partial charge < -0.3 is 79.7 Å². The number of rotatable bonds is 10. The zero-order valence-electron chi connectivity index (χ0n) is 21.4. The number of hydrogen-bond donors (Lipinski definition) is 10. The Hall–Kier alpha value is -1.13. The van der Waals surface area contributed by atoms with E-state index in [-0.39, 0.29) is 6.61 Å². The van der Waals surface area contributed by atoms with Crippen molar-refractivity contribution in [2.75, 3.05) is 26.4 Å². The number of ether oxygens (including phenoxy) is 6. The Labute approximate surface area is 223 Å². The molecule has 0 aromatic heterocycles. The first kappa shape index (κ1) is 32.4. The van der Waals surface area contributed by atoms with Crippen LogP contribution < -0.4 is 5.32 Å². The van der Waals surface area contributed by atoms with Gasteiger partial charge in [0.15, 0.2) is 18.9 Å². The molecule has 0 radical (unpaired) electrons. The number of aliphatic hydroxyl groups excluding tert-OH is 9. The molecule has 15 atom stereocenters. The van der Waals surface area contributed by atoms with Gasteiger partial charge in [-0.2, -0.15) is 0 Å². The predicted molar refractivity (Wildman–Crippen MR) is 122 cm³/mol. The van der Waals surface area contributed by atoms with Gasteiger partial charge in [0.2, 0.25) is 5.91 Å². The van der Waals surface area contributed by atoms with Gasteiger partial charge in [0.05, 0.1) is 19.8 Å². The van der Waals surface area contributed by atoms with Crippen molar-refractivity contribution in [3.8, 4) is 0 Å². The van der Waals surface area contributed by atoms with Crippen molar-refractivity contribution >= 4 is 5.91 Å². The molecule has 0 unspecified atom stereocenters. The first-order chi connectivity index (χ1) is 18.5. The van der Waals surface area contributed by atoms with Crippen LogP contribution in [0.5, 0.6) is 0 Å². The number of aliphatic hydroxyl groups is 9. The molecule has 3 aliphatic heterocycles. The van der Waals surface area contributed by atoms with E-state index >= 15 is 0 Å². The molecule has 3 aliphatic rings. The van der Waals surface area contributed by atoms with Crippen molar-refractivity contribution in [2.45, 2.75) is 106 Å². The zero-order chi connectivity index (χ0) is 29.0. The maximum atomic E-state index is 11.7. The SMILES string of the molecule is CCO[C@H]1O[C@H](CO)[C@@H](O[C@@H]2O[C@H](CO)[C@H](O[C@@H]3O[C@H](CO)[C@H](O)[C@H](O)[C@H]3O)[C@H](O)[C@H]2O)[C@H](O)[C@@H]1NC(C)=O. The van der Waals surface area contributed by atoms with Crippen molar-refractivity contribution in [2.24, 2.45) is 0 Å². The molecular weight excluding hydrogens is 534 g/mol. The molecule has 3 heterocycles. The van der Waals surface area contributed by atoms with E-state index in [0.717, 1.165) is 0 Å². The summed E-state index contributed by atoms with van der Waals surface area (Å²) in [6.07, 6.45) is -22.1. The van der Waals surface area contributed by atoms with Crippen LogP contribution in [0, 0.1) is 0 Å². The van der Waals surface area contributed by atoms with Gasteiger partial charge in [-0.05, 0) is 6.92 Å². The number of amides is 1. The second-order valence-electron chi connectivity index (χ2n) is 9.50. The third-order valence-corrected chi connectivity index (χ3v) is 6.81. The van der Waals surface area contributed by atoms with Crippen LogP contribution in [-0.2, 0) is 33.2 Å². The first-order valence-electron chi connectivity index (χ1n) is 12.6. The van der Waals surface area contributed by atoms with E-state index in [4.69, 9.17) is 28.4 Å². The Morgan fingerprint density at radius 1 is 0.667 bits per heavy atom. The molecule has 17 heteroatoms. The summed E-state index contributed by atoms with van der Waals surface area (Å²) in [5.41, 5.74) is 0. The van der Waals surface area contributed by atoms with Gasteiger partial charge in [-0.3, -0.25) is 4.79 Å². The highest BCUT2D eigenvalue weighted by atomic mass is 16.8. The lowest BCUT2D eigenvalue weighted by atomic mass is 9.95. The van der Waals surface area contributed by atoms with Crippen molar-refractivity contribution in [1.82, 2.24) is 5.32 Å². The standard InChI is InChI=1S/C22H39NO16/c1-3-34-20-11(23-7(2)27)13(29)18(9(5-25)36-20)38-22-17(33)15(31)19(10(6-26)37-22)39-21-16(32)14(30)12(28)8(4-24)35-21/h8-22,24-26,28-33H,3-6H2,1-2H3,(H,23,27)/t8-,9-,10-,11+,12+,13-,14+,15-,16-,17-,18-,19+,20+,21+,22+/m1/s1. The molecule has 0 aliphatic carbocycles. The average Bonchev–Trinajstić information content (AvgIpc) is 2.91. The Kier molecular flexibility index (Phi) is 11.8. The fourth-order valence-electron chi connectivity index (χ4n) is 4.75. The molecule has 0 aromatic rings. The van der Waals surface area contributed by atoms with Gasteiger partial charge in [0.25, 0.3) is 0 Å². The van der Waals surface area contributed by atoms with Gasteiger partial charge in [0.1, 0.15) is 73.2 Å². The van der Waals surface area contributed by atoms with Crippen LogP contribution in [0.1, 0.15) is 13.8 Å². The number of carbonyl (C=O) groups is 1. The molecule has 3 rings (SSSR count). The molecule has 3 saturated heterocycles. The second-order valence-corrected chi connectivity index (χ2v) is 9.50. The second kappa shape index (κ2) is 14.2. The van der Waals surface area contributed by atoms with E-state index in [1.165, 1.54) is 6.92 Å². The summed E-state index contributed by atoms with van der Waals surface area (Å²) in [7, 11) is 0. The highest BCUT2D eigenvalue weighted by molar-refractivity contribution is 5.73. The molecule has 0 bridgehead atoms. The predicted octanol–water partition coefficient (Wildman–Crippen LogP) is -6.38. The molecule has 0 spiro atoms. The topological polar surface area (TPSA) is 267 Å². The summed E-state index contributed by atoms with van der Waals surface area (Å²) in [5.74, 6) is -0.522. The molecule has 1 amide bonds. The largest absolute Gasteiger partial charge is 0.394 e. The van der Waals surface area contributed by atoms with Crippen LogP contribution >= 0.6 is 0 Å². The number of hydrogen-bond acceptors (Lipinski definition) is 16. The van der Waals surface area contributed by atoms with E-state index in [1.807, 2.05) is 0 Å². The maximum absolute atomic E-state index is 11.7. The van der Waals surface area contributed by atoms with E-state index in [9.17, 15) is 50.8 Å². The normalized spacial score (nSPS) is 47.1. The summed E-state index contributed by atoms with van der Waals surface area (Å²) in [6, 6.07) is -1.14. The van der Waals surface area contributed by atoms with Crippen LogP contribution in [0.3, 0.4) is 0 Å². The fraction of sp³-hybridized carbons (Fsp3) is 0.955. The fourth-order valence-corrected chi connectivity index (χ4v) is 4.75. The first-order valence-corrected chi connectivity index (χ1v) is 12.6. The Balaban J connectivity index is 1.75. The number of nitrogens with one attached hydrogen (secondary N) is 1. The molecule has 228 valence electrons. The van der Waals surface area contributed by atoms with Crippen molar-refractivity contribution in [3.63, 3.8) is 0 Å². The van der Waals surface area contributed by atoms with Gasteiger partial charge in [-0.15, -0.1) is 0 Å². The molecule has 17 nitrogen and oxygen atoms in total. The summed E-state index contributed by atoms with van der Waals surface area (Å²) >= 11 is 0. The van der Waals surface area contributed by atoms with E-state index in [1.54, 1.807) is 6.92 Å². The van der Waals surface area contributed by atoms with E-state index < -0.39 is 118 Å². The minimum atomic E-state index is -1.89. The van der Waals surface area contributed by atoms with Crippen molar-refractivity contribution in [3.05, 3.63) is 0 Å². The summed E-state index contributed by atoms with van der Waals surface area (Å²) < 4.78 is 33.1. The quantitative estimate of drug-likeness (QED) is 0.116. The van der Waals surface area contributed by atoms with Crippen LogP contribution in [-0.4, -0.2) is 170 Å². The monoisotopic (exact) mass is 573 g/mol. The van der Waals surface area contributed by atoms with E-state index in [2.05, 4.69) is 5.32 Å². The molecule has 3 fully saturated rings.